The van der Waals surface area contributed by atoms with Gasteiger partial charge >= 0.3 is 0 Å². The number of pyridine rings is 4. The molecule has 148 heavy (non-hydrogen) atoms. The van der Waals surface area contributed by atoms with Crippen LogP contribution in [0.4, 0.5) is 35.9 Å². The second-order valence-corrected chi connectivity index (χ2v) is 37.5. The first-order chi connectivity index (χ1) is 71.5. The number of benzene rings is 6. The standard InChI is InChI=1S/C19H15ClFN3O2.C19H17FN4O.C18H14ClN3O2S.C18H16ClN3OS.C18H14FN3O2.C17H14ClN3O2S/c1-2-18-17(21)4-3-14(24-18)8-19(25)12-5-13(20)7-15(6-12)26-16-9-22-11-23-10-16;1-13-3-4-23-16(5-13)9-19(25)14-6-15(20)8-17(7-14)24(2)18-10-21-12-22-11-18;19-13-3-12(4-14(5-13)24-15-7-20-10-21-8-15)17(23)6-18-22-16(9-25-18)11-1-2-11;1-12-11-24-18(21-12)9-17(23)13-6-14(19)8-16(7-13)22(2)15-4-3-5-20-10-15;1-12-3-2-4-15(22-12)8-18(23)13-5-14(19)7-16(6-13)24-17-9-20-11-21-10-17;1-2-13-9-24-17(21-13)6-16(22)11-3-12(18)5-14(4-11)23-15-7-19-10-20-8-15/h3-7,9-11H,2,8H2,1H3;3-8,10-12H,9H2,1-2H3;3-5,7-11H,1-2,6H2;3-8,10-11H,9H2,1-2H3;2-7,9-11H,8H2,1H3;3-5,7-10H,2,6H2,1H3. The zero-order valence-corrected chi connectivity index (χ0v) is 85.8. The molecule has 1 fully saturated rings. The van der Waals surface area contributed by atoms with Gasteiger partial charge in [-0.25, -0.2) is 78.0 Å². The number of aryl methyl sites for hydroxylation is 5. The van der Waals surface area contributed by atoms with E-state index < -0.39 is 11.6 Å². The number of hydrogen-bond donors (Lipinski definition) is 0. The lowest BCUT2D eigenvalue weighted by Crippen LogP contribution is -2.12. The smallest absolute Gasteiger partial charge is 0.169 e. The van der Waals surface area contributed by atoms with E-state index in [4.69, 9.17) is 65.4 Å². The Morgan fingerprint density at radius 1 is 0.338 bits per heavy atom. The number of ketones is 6. The Bertz CT molecular complexity index is 7640. The summed E-state index contributed by atoms with van der Waals surface area (Å²) >= 11 is 29.1. The molecular weight excluding hydrogens is 2030 g/mol. The molecule has 1 aliphatic rings. The van der Waals surface area contributed by atoms with E-state index in [9.17, 15) is 41.9 Å². The quantitative estimate of drug-likeness (QED) is 0.0345. The molecule has 748 valence electrons. The van der Waals surface area contributed by atoms with E-state index in [-0.39, 0.29) is 90.4 Å². The molecule has 0 aliphatic heterocycles. The monoisotopic (exact) mass is 2120 g/mol. The number of Topliss-reactive ketones (excluding diaryl/α,β-unsaturated/α-hetero) is 6. The van der Waals surface area contributed by atoms with E-state index in [0.29, 0.717) is 135 Å². The third-order valence-corrected chi connectivity index (χ3v) is 25.0. The molecule has 0 radical (unpaired) electrons. The Morgan fingerprint density at radius 3 is 1.21 bits per heavy atom. The minimum atomic E-state index is -0.551. The Kier molecular flexibility index (Phi) is 38.7. The van der Waals surface area contributed by atoms with Crippen LogP contribution in [-0.4, -0.2) is 134 Å². The van der Waals surface area contributed by atoms with Crippen LogP contribution in [0.15, 0.2) is 292 Å². The molecule has 0 amide bonds. The summed E-state index contributed by atoms with van der Waals surface area (Å²) in [5.74, 6) is 1.83. The van der Waals surface area contributed by atoms with Crippen molar-refractivity contribution in [1.82, 2.24) is 84.7 Å². The normalized spacial score (nSPS) is 11.1. The molecule has 19 rings (SSSR count). The predicted octanol–water partition coefficient (Wildman–Crippen LogP) is 25.2. The van der Waals surface area contributed by atoms with Gasteiger partial charge in [-0.2, -0.15) is 0 Å². The highest BCUT2D eigenvalue weighted by Crippen LogP contribution is 2.41. The maximum Gasteiger partial charge on any atom is 0.169 e. The second kappa shape index (κ2) is 53.2. The molecule has 0 bridgehead atoms. The number of ether oxygens (including phenoxy) is 4. The summed E-state index contributed by atoms with van der Waals surface area (Å²) in [6.07, 6.45) is 32.3. The third kappa shape index (κ3) is 33.3. The van der Waals surface area contributed by atoms with Crippen molar-refractivity contribution in [2.75, 3.05) is 23.9 Å². The first-order valence-corrected chi connectivity index (χ1v) is 49.8. The van der Waals surface area contributed by atoms with Crippen LogP contribution in [0.1, 0.15) is 161 Å². The summed E-state index contributed by atoms with van der Waals surface area (Å²) < 4.78 is 63.8. The zero-order chi connectivity index (χ0) is 105. The highest BCUT2D eigenvalue weighted by atomic mass is 35.5. The van der Waals surface area contributed by atoms with E-state index >= 15 is 0 Å². The molecule has 1 aliphatic carbocycles. The highest BCUT2D eigenvalue weighted by molar-refractivity contribution is 7.10. The fraction of sp³-hybridized carbons (Fsp3) is 0.165. The summed E-state index contributed by atoms with van der Waals surface area (Å²) in [4.78, 5) is 148. The zero-order valence-electron chi connectivity index (χ0n) is 80.3. The topological polar surface area (TPSA) is 365 Å². The first kappa shape index (κ1) is 108. The van der Waals surface area contributed by atoms with Gasteiger partial charge in [-0.15, -0.1) is 34.0 Å². The van der Waals surface area contributed by atoms with Crippen molar-refractivity contribution in [2.45, 2.75) is 105 Å². The van der Waals surface area contributed by atoms with Crippen molar-refractivity contribution in [1.29, 1.82) is 0 Å². The van der Waals surface area contributed by atoms with Crippen LogP contribution in [-0.2, 0) is 51.4 Å². The summed E-state index contributed by atoms with van der Waals surface area (Å²) in [6.45, 7) is 9.56. The number of carbonyl (C=O) groups excluding carboxylic acids is 6. The molecular formula is C109H90Cl4F3N19O10S3. The van der Waals surface area contributed by atoms with Crippen LogP contribution in [0.25, 0.3) is 0 Å². The van der Waals surface area contributed by atoms with Crippen molar-refractivity contribution in [3.8, 4) is 46.0 Å². The van der Waals surface area contributed by atoms with Gasteiger partial charge in [0.15, 0.2) is 57.7 Å². The number of carbonyl (C=O) groups is 6. The summed E-state index contributed by atoms with van der Waals surface area (Å²) in [7, 11) is 3.69. The molecule has 18 aromatic rings. The maximum absolute atomic E-state index is 14.0. The number of rotatable bonds is 33. The van der Waals surface area contributed by atoms with Gasteiger partial charge in [0, 0.05) is 148 Å². The summed E-state index contributed by atoms with van der Waals surface area (Å²) in [5.41, 5.74) is 12.6. The van der Waals surface area contributed by atoms with Gasteiger partial charge in [0.1, 0.15) is 87.1 Å². The molecule has 0 saturated heterocycles. The van der Waals surface area contributed by atoms with Crippen molar-refractivity contribution in [3.05, 3.63) is 429 Å². The summed E-state index contributed by atoms with van der Waals surface area (Å²) in [5, 5.41) is 10.2. The fourth-order valence-electron chi connectivity index (χ4n) is 14.0. The van der Waals surface area contributed by atoms with Crippen molar-refractivity contribution < 1.29 is 60.9 Å². The van der Waals surface area contributed by atoms with Gasteiger partial charge in [0.2, 0.25) is 0 Å². The third-order valence-electron chi connectivity index (χ3n) is 21.4. The second-order valence-electron chi connectivity index (χ2n) is 32.9. The molecule has 12 aromatic heterocycles. The van der Waals surface area contributed by atoms with E-state index in [2.05, 4.69) is 90.1 Å². The molecule has 0 atom stereocenters. The van der Waals surface area contributed by atoms with E-state index in [1.807, 2.05) is 106 Å². The van der Waals surface area contributed by atoms with E-state index in [0.717, 1.165) is 61.2 Å². The largest absolute Gasteiger partial charge is 0.454 e. The van der Waals surface area contributed by atoms with Crippen LogP contribution < -0.4 is 28.7 Å². The SMILES string of the molecule is CCc1csc(CC(=O)c2cc(Cl)cc(Oc3cncnc3)c2)n1.CCc1nc(CC(=O)c2cc(Cl)cc(Oc3cncnc3)c2)ccc1F.Cc1cccc(CC(=O)c2cc(F)cc(Oc3cncnc3)c2)n1.Cc1ccnc(CC(=O)c2cc(F)cc(N(C)c3cncnc3)c2)c1.Cc1csc(CC(=O)c2cc(Cl)cc(N(C)c3cccnc3)c2)n1.O=C(Cc1nc(C2CC2)cs1)c1cc(Cl)cc(Oc2cncnc2)c1. The van der Waals surface area contributed by atoms with Gasteiger partial charge in [-0.05, 0) is 204 Å². The molecule has 1 saturated carbocycles. The molecule has 0 spiro atoms. The van der Waals surface area contributed by atoms with Crippen molar-refractivity contribution in [3.63, 3.8) is 0 Å². The molecule has 12 heterocycles. The van der Waals surface area contributed by atoms with E-state index in [1.54, 1.807) is 128 Å². The van der Waals surface area contributed by atoms with Crippen molar-refractivity contribution >= 4 is 138 Å². The van der Waals surface area contributed by atoms with Crippen LogP contribution in [0.5, 0.6) is 46.0 Å². The number of nitrogens with zero attached hydrogens (tertiary/aromatic N) is 19. The van der Waals surface area contributed by atoms with Gasteiger partial charge in [0.25, 0.3) is 0 Å². The maximum atomic E-state index is 14.0. The predicted molar refractivity (Wildman–Crippen MR) is 562 cm³/mol. The van der Waals surface area contributed by atoms with Crippen LogP contribution in [0, 0.1) is 38.2 Å². The van der Waals surface area contributed by atoms with Crippen LogP contribution >= 0.6 is 80.4 Å². The Labute approximate surface area is 880 Å². The average Bonchev–Trinajstić information content (AvgIpc) is 1.74. The van der Waals surface area contributed by atoms with Gasteiger partial charge in [0.05, 0.1) is 135 Å². The lowest BCUT2D eigenvalue weighted by atomic mass is 10.0. The van der Waals surface area contributed by atoms with E-state index in [1.165, 1.54) is 158 Å². The number of halogens is 7. The molecule has 39 heteroatoms. The summed E-state index contributed by atoms with van der Waals surface area (Å²) in [6, 6.07) is 44.0. The Hall–Kier alpha value is -16.0. The first-order valence-electron chi connectivity index (χ1n) is 45.6. The minimum Gasteiger partial charge on any atom is -0.454 e. The highest BCUT2D eigenvalue weighted by Gasteiger charge is 2.28. The molecule has 0 N–H and O–H groups in total. The van der Waals surface area contributed by atoms with Crippen molar-refractivity contribution in [2.24, 2.45) is 0 Å². The fourth-order valence-corrected chi connectivity index (χ4v) is 17.5. The van der Waals surface area contributed by atoms with Gasteiger partial charge in [-0.1, -0.05) is 66.3 Å². The minimum absolute atomic E-state index is 0.00712. The number of aromatic nitrogens is 17. The van der Waals surface area contributed by atoms with Crippen LogP contribution in [0.2, 0.25) is 20.1 Å². The lowest BCUT2D eigenvalue weighted by Gasteiger charge is -2.20. The Balaban J connectivity index is 0.000000140. The molecule has 0 unspecified atom stereocenters. The molecule has 29 nitrogen and oxygen atoms in total. The van der Waals surface area contributed by atoms with Gasteiger partial charge in [-0.3, -0.25) is 48.7 Å². The van der Waals surface area contributed by atoms with Gasteiger partial charge < -0.3 is 28.7 Å². The Morgan fingerprint density at radius 2 is 0.750 bits per heavy atom. The van der Waals surface area contributed by atoms with Crippen LogP contribution in [0.3, 0.4) is 0 Å². The number of anilines is 4. The number of hydrogen-bond acceptors (Lipinski definition) is 32. The molecule has 6 aromatic carbocycles. The number of thiazole rings is 3. The average molecular weight is 2120 g/mol. The lowest BCUT2D eigenvalue weighted by molar-refractivity contribution is 0.0983.